The fraction of sp³-hybridized carbons (Fsp3) is 0.667. The Hall–Kier alpha value is -0.697. The SMILES string of the molecule is [CH2-]C(C)C(=O)CC(=O)C(C)C.[CH2-]C(C)C(=O)CC(=O)C(C)C.[Zn+2]. The van der Waals surface area contributed by atoms with Crippen molar-refractivity contribution in [1.82, 2.24) is 0 Å². The van der Waals surface area contributed by atoms with Crippen LogP contribution in [0.1, 0.15) is 54.4 Å². The van der Waals surface area contributed by atoms with Gasteiger partial charge in [-0.3, -0.25) is 9.59 Å². The third kappa shape index (κ3) is 14.6. The Labute approximate surface area is 153 Å². The van der Waals surface area contributed by atoms with Gasteiger partial charge in [0, 0.05) is 11.8 Å². The fourth-order valence-corrected chi connectivity index (χ4v) is 1.10. The molecule has 0 heterocycles. The first kappa shape index (κ1) is 27.2. The van der Waals surface area contributed by atoms with Gasteiger partial charge in [0.25, 0.3) is 0 Å². The molecular weight excluding hydrogens is 346 g/mol. The van der Waals surface area contributed by atoms with Crippen LogP contribution in [-0.2, 0) is 38.7 Å². The van der Waals surface area contributed by atoms with Gasteiger partial charge in [0.05, 0.1) is 12.8 Å². The standard InChI is InChI=1S/2C9H15O2.Zn/c2*1-6(2)8(10)5-9(11)7(3)4;/h2*6-7H,1,5H2,2-4H3;/q2*-1;+2. The maximum Gasteiger partial charge on any atom is 2.00 e. The van der Waals surface area contributed by atoms with Gasteiger partial charge >= 0.3 is 19.5 Å². The second-order valence-electron chi connectivity index (χ2n) is 6.33. The molecule has 0 saturated heterocycles. The zero-order valence-corrected chi connectivity index (χ0v) is 18.4. The van der Waals surface area contributed by atoms with Crippen molar-refractivity contribution in [1.29, 1.82) is 0 Å². The molecular formula is C18H30O4Zn. The van der Waals surface area contributed by atoms with Gasteiger partial charge in [-0.1, -0.05) is 41.5 Å². The van der Waals surface area contributed by atoms with Crippen LogP contribution in [-0.4, -0.2) is 23.1 Å². The molecule has 23 heavy (non-hydrogen) atoms. The van der Waals surface area contributed by atoms with Crippen LogP contribution in [0, 0.1) is 37.5 Å². The van der Waals surface area contributed by atoms with E-state index in [9.17, 15) is 19.2 Å². The van der Waals surface area contributed by atoms with Gasteiger partial charge in [0.15, 0.2) is 0 Å². The Kier molecular flexibility index (Phi) is 16.2. The zero-order valence-electron chi connectivity index (χ0n) is 15.5. The molecule has 0 rings (SSSR count). The van der Waals surface area contributed by atoms with Crippen molar-refractivity contribution >= 4 is 23.1 Å². The van der Waals surface area contributed by atoms with Crippen molar-refractivity contribution in [2.75, 3.05) is 0 Å². The van der Waals surface area contributed by atoms with Crippen LogP contribution in [0.25, 0.3) is 0 Å². The molecule has 0 fully saturated rings. The zero-order chi connectivity index (χ0) is 18.0. The number of hydrogen-bond acceptors (Lipinski definition) is 4. The van der Waals surface area contributed by atoms with Gasteiger partial charge in [-0.05, 0) is 0 Å². The third-order valence-corrected chi connectivity index (χ3v) is 3.08. The first-order valence-corrected chi connectivity index (χ1v) is 7.67. The third-order valence-electron chi connectivity index (χ3n) is 3.08. The van der Waals surface area contributed by atoms with Gasteiger partial charge in [0.2, 0.25) is 0 Å². The van der Waals surface area contributed by atoms with Gasteiger partial charge in [-0.2, -0.15) is 0 Å². The topological polar surface area (TPSA) is 68.3 Å². The molecule has 0 aliphatic heterocycles. The predicted molar refractivity (Wildman–Crippen MR) is 88.0 cm³/mol. The summed E-state index contributed by atoms with van der Waals surface area (Å²) in [5.41, 5.74) is 0. The Morgan fingerprint density at radius 3 is 0.957 bits per heavy atom. The molecule has 0 aliphatic rings. The molecule has 0 aromatic heterocycles. The quantitative estimate of drug-likeness (QED) is 0.371. The number of rotatable bonds is 8. The van der Waals surface area contributed by atoms with Crippen molar-refractivity contribution in [3.8, 4) is 0 Å². The smallest absolute Gasteiger partial charge is 0.333 e. The molecule has 5 heteroatoms. The summed E-state index contributed by atoms with van der Waals surface area (Å²) in [6, 6.07) is 0. The van der Waals surface area contributed by atoms with Crippen molar-refractivity contribution in [2.24, 2.45) is 23.7 Å². The molecule has 0 aromatic rings. The summed E-state index contributed by atoms with van der Waals surface area (Å²) in [5.74, 6) is -0.741. The van der Waals surface area contributed by atoms with E-state index < -0.39 is 0 Å². The van der Waals surface area contributed by atoms with E-state index in [2.05, 4.69) is 13.8 Å². The molecule has 0 spiro atoms. The summed E-state index contributed by atoms with van der Waals surface area (Å²) in [5, 5.41) is 0. The van der Waals surface area contributed by atoms with E-state index in [0.29, 0.717) is 0 Å². The Bertz CT molecular complexity index is 322. The maximum atomic E-state index is 11.0. The molecule has 0 amide bonds. The van der Waals surface area contributed by atoms with Gasteiger partial charge < -0.3 is 23.4 Å². The van der Waals surface area contributed by atoms with Gasteiger partial charge in [-0.25, -0.2) is 0 Å². The molecule has 2 atom stereocenters. The minimum absolute atomic E-state index is 0. The van der Waals surface area contributed by atoms with Crippen LogP contribution in [0.2, 0.25) is 0 Å². The summed E-state index contributed by atoms with van der Waals surface area (Å²) in [6.45, 7) is 17.7. The van der Waals surface area contributed by atoms with Crippen LogP contribution in [0.15, 0.2) is 0 Å². The second-order valence-corrected chi connectivity index (χ2v) is 6.33. The molecule has 0 aromatic carbocycles. The maximum absolute atomic E-state index is 11.0. The van der Waals surface area contributed by atoms with Crippen LogP contribution in [0.3, 0.4) is 0 Å². The van der Waals surface area contributed by atoms with Crippen LogP contribution in [0.4, 0.5) is 0 Å². The van der Waals surface area contributed by atoms with Gasteiger partial charge in [-0.15, -0.1) is 11.8 Å². The van der Waals surface area contributed by atoms with E-state index in [1.165, 1.54) is 0 Å². The average molecular weight is 376 g/mol. The summed E-state index contributed by atoms with van der Waals surface area (Å²) in [7, 11) is 0. The molecule has 0 radical (unpaired) electrons. The number of ketones is 4. The van der Waals surface area contributed by atoms with E-state index in [1.54, 1.807) is 41.5 Å². The summed E-state index contributed by atoms with van der Waals surface area (Å²) in [4.78, 5) is 44.0. The first-order valence-electron chi connectivity index (χ1n) is 7.67. The Morgan fingerprint density at radius 1 is 0.609 bits per heavy atom. The van der Waals surface area contributed by atoms with Crippen LogP contribution >= 0.6 is 0 Å². The average Bonchev–Trinajstić information content (AvgIpc) is 2.38. The van der Waals surface area contributed by atoms with Crippen molar-refractivity contribution in [3.05, 3.63) is 13.8 Å². The number of carbonyl (C=O) groups excluding carboxylic acids is 4. The Balaban J connectivity index is -0.000000333. The molecule has 0 saturated carbocycles. The summed E-state index contributed by atoms with van der Waals surface area (Å²) >= 11 is 0. The monoisotopic (exact) mass is 374 g/mol. The molecule has 2 unspecified atom stereocenters. The van der Waals surface area contributed by atoms with Crippen molar-refractivity contribution in [3.63, 3.8) is 0 Å². The van der Waals surface area contributed by atoms with Gasteiger partial charge in [0.1, 0.15) is 23.1 Å². The molecule has 0 bridgehead atoms. The number of Topliss-reactive ketones (excluding diaryl/α,β-unsaturated/α-hetero) is 4. The Morgan fingerprint density at radius 2 is 0.826 bits per heavy atom. The van der Waals surface area contributed by atoms with Crippen LogP contribution in [0.5, 0.6) is 0 Å². The molecule has 0 aliphatic carbocycles. The minimum Gasteiger partial charge on any atom is -0.333 e. The van der Waals surface area contributed by atoms with E-state index in [0.717, 1.165) is 0 Å². The first-order chi connectivity index (χ1) is 9.89. The van der Waals surface area contributed by atoms with Crippen molar-refractivity contribution < 1.29 is 38.7 Å². The molecule has 0 N–H and O–H groups in total. The number of hydrogen-bond donors (Lipinski definition) is 0. The van der Waals surface area contributed by atoms with E-state index in [1.807, 2.05) is 0 Å². The predicted octanol–water partition coefficient (Wildman–Crippen LogP) is 3.28. The van der Waals surface area contributed by atoms with E-state index in [4.69, 9.17) is 0 Å². The normalized spacial score (nSPS) is 12.6. The largest absolute Gasteiger partial charge is 2.00 e. The van der Waals surface area contributed by atoms with Crippen LogP contribution < -0.4 is 0 Å². The van der Waals surface area contributed by atoms with E-state index >= 15 is 0 Å². The van der Waals surface area contributed by atoms with E-state index in [-0.39, 0.29) is 79.1 Å². The molecule has 4 nitrogen and oxygen atoms in total. The summed E-state index contributed by atoms with van der Waals surface area (Å²) < 4.78 is 0. The number of carbonyl (C=O) groups is 4. The summed E-state index contributed by atoms with van der Waals surface area (Å²) in [6.07, 6.45) is 0.0880. The molecule has 128 valence electrons. The van der Waals surface area contributed by atoms with Crippen molar-refractivity contribution in [2.45, 2.75) is 54.4 Å². The second kappa shape index (κ2) is 13.7. The fourth-order valence-electron chi connectivity index (χ4n) is 1.10. The minimum atomic E-state index is -0.266.